The molecule has 0 amide bonds. The molecule has 0 saturated heterocycles. The van der Waals surface area contributed by atoms with Crippen molar-refractivity contribution in [2.75, 3.05) is 4.90 Å². The monoisotopic (exact) mass is 821 g/mol. The molecule has 0 saturated carbocycles. The van der Waals surface area contributed by atoms with Crippen LogP contribution in [0.3, 0.4) is 0 Å². The summed E-state index contributed by atoms with van der Waals surface area (Å²) in [6, 6.07) is 84.0. The molecule has 0 spiro atoms. The highest BCUT2D eigenvalue weighted by atomic mass is 16.3. The van der Waals surface area contributed by atoms with Crippen LogP contribution in [0.4, 0.5) is 17.1 Å². The van der Waals surface area contributed by atoms with Crippen LogP contribution < -0.4 is 4.90 Å². The van der Waals surface area contributed by atoms with Gasteiger partial charge in [-0.05, 0) is 93.0 Å². The number of rotatable bonds is 8. The zero-order chi connectivity index (χ0) is 41.7. The molecule has 304 valence electrons. The van der Waals surface area contributed by atoms with Crippen molar-refractivity contribution in [3.63, 3.8) is 0 Å². The standard InChI is InChI=1S/C60H39NO2.CH4/c1-2-10-40(11-3-1)43-28-34-48(35-29-43)61(49-36-30-44(31-37-49)41-20-24-46(25-21-41)51-14-8-16-55-53-12-4-6-18-57(53)62-59(51)55)50-38-32-45(33-39-50)42-22-26-47(27-23-42)52-15-9-17-56-54-13-5-7-19-58(54)63-60(52)56;/h1-39H;1H4. The molecule has 64 heavy (non-hydrogen) atoms. The van der Waals surface area contributed by atoms with Gasteiger partial charge >= 0.3 is 0 Å². The number of anilines is 3. The lowest BCUT2D eigenvalue weighted by Gasteiger charge is -2.26. The van der Waals surface area contributed by atoms with E-state index in [0.29, 0.717) is 0 Å². The maximum Gasteiger partial charge on any atom is 0.143 e. The smallest absolute Gasteiger partial charge is 0.143 e. The van der Waals surface area contributed by atoms with Gasteiger partial charge in [0.25, 0.3) is 0 Å². The predicted molar refractivity (Wildman–Crippen MR) is 270 cm³/mol. The van der Waals surface area contributed by atoms with Gasteiger partial charge in [-0.1, -0.05) is 195 Å². The maximum atomic E-state index is 6.35. The van der Waals surface area contributed by atoms with E-state index in [1.807, 2.05) is 24.3 Å². The molecule has 0 atom stereocenters. The van der Waals surface area contributed by atoms with Crippen molar-refractivity contribution >= 4 is 60.9 Å². The van der Waals surface area contributed by atoms with Crippen LogP contribution in [0, 0.1) is 0 Å². The molecule has 0 radical (unpaired) electrons. The Bertz CT molecular complexity index is 3360. The minimum atomic E-state index is 0. The van der Waals surface area contributed by atoms with E-state index in [2.05, 4.69) is 217 Å². The normalized spacial score (nSPS) is 11.3. The average molecular weight is 822 g/mol. The Hall–Kier alpha value is -8.40. The molecule has 10 aromatic carbocycles. The SMILES string of the molecule is C.c1ccc(-c2ccc(N(c3ccc(-c4ccc(-c5cccc6c5oc5ccccc56)cc4)cc3)c3ccc(-c4ccc(-c5cccc6c5oc5ccccc56)cc4)cc3)cc2)cc1. The summed E-state index contributed by atoms with van der Waals surface area (Å²) < 4.78 is 12.7. The van der Waals surface area contributed by atoms with E-state index in [1.54, 1.807) is 0 Å². The van der Waals surface area contributed by atoms with Crippen LogP contribution in [0.1, 0.15) is 7.43 Å². The Morgan fingerprint density at radius 1 is 0.234 bits per heavy atom. The van der Waals surface area contributed by atoms with E-state index >= 15 is 0 Å². The van der Waals surface area contributed by atoms with Gasteiger partial charge in [-0.2, -0.15) is 0 Å². The third-order valence-electron chi connectivity index (χ3n) is 12.4. The third-order valence-corrected chi connectivity index (χ3v) is 12.4. The Balaban J connectivity index is 0.00000456. The zero-order valence-corrected chi connectivity index (χ0v) is 34.3. The fourth-order valence-corrected chi connectivity index (χ4v) is 9.12. The lowest BCUT2D eigenvalue weighted by molar-refractivity contribution is 0.669. The Labute approximate surface area is 372 Å². The fourth-order valence-electron chi connectivity index (χ4n) is 9.12. The number of hydrogen-bond donors (Lipinski definition) is 0. The maximum absolute atomic E-state index is 6.35. The summed E-state index contributed by atoms with van der Waals surface area (Å²) in [5.74, 6) is 0. The molecule has 0 aliphatic heterocycles. The molecule has 0 N–H and O–H groups in total. The lowest BCUT2D eigenvalue weighted by Crippen LogP contribution is -2.09. The molecule has 0 bridgehead atoms. The van der Waals surface area contributed by atoms with Crippen molar-refractivity contribution in [2.24, 2.45) is 0 Å². The summed E-state index contributed by atoms with van der Waals surface area (Å²) in [6.07, 6.45) is 0. The van der Waals surface area contributed by atoms with Gasteiger partial charge in [-0.3, -0.25) is 0 Å². The molecule has 0 unspecified atom stereocenters. The largest absolute Gasteiger partial charge is 0.455 e. The third kappa shape index (κ3) is 6.81. The van der Waals surface area contributed by atoms with Crippen LogP contribution in [-0.2, 0) is 0 Å². The molecule has 2 heterocycles. The number of furan rings is 2. The number of hydrogen-bond acceptors (Lipinski definition) is 3. The van der Waals surface area contributed by atoms with E-state index in [9.17, 15) is 0 Å². The quantitative estimate of drug-likeness (QED) is 0.153. The number of nitrogens with zero attached hydrogens (tertiary/aromatic N) is 1. The summed E-state index contributed by atoms with van der Waals surface area (Å²) >= 11 is 0. The van der Waals surface area contributed by atoms with Crippen molar-refractivity contribution in [3.8, 4) is 55.6 Å². The first-order valence-electron chi connectivity index (χ1n) is 21.4. The highest BCUT2D eigenvalue weighted by Crippen LogP contribution is 2.41. The van der Waals surface area contributed by atoms with E-state index in [-0.39, 0.29) is 7.43 Å². The van der Waals surface area contributed by atoms with Crippen LogP contribution in [0.25, 0.3) is 99.5 Å². The van der Waals surface area contributed by atoms with Crippen LogP contribution in [-0.4, -0.2) is 0 Å². The lowest BCUT2D eigenvalue weighted by atomic mass is 9.98. The minimum Gasteiger partial charge on any atom is -0.455 e. The van der Waals surface area contributed by atoms with Crippen LogP contribution in [0.5, 0.6) is 0 Å². The molecule has 12 rings (SSSR count). The van der Waals surface area contributed by atoms with Gasteiger partial charge in [0.15, 0.2) is 0 Å². The van der Waals surface area contributed by atoms with E-state index < -0.39 is 0 Å². The molecule has 0 aliphatic rings. The zero-order valence-electron chi connectivity index (χ0n) is 34.3. The summed E-state index contributed by atoms with van der Waals surface area (Å²) in [5.41, 5.74) is 18.4. The van der Waals surface area contributed by atoms with E-state index in [1.165, 1.54) is 11.1 Å². The predicted octanol–water partition coefficient (Wildman–Crippen LogP) is 17.9. The van der Waals surface area contributed by atoms with E-state index in [4.69, 9.17) is 8.83 Å². The first kappa shape index (κ1) is 38.5. The summed E-state index contributed by atoms with van der Waals surface area (Å²) in [4.78, 5) is 2.33. The molecule has 0 fully saturated rings. The highest BCUT2D eigenvalue weighted by molar-refractivity contribution is 6.10. The summed E-state index contributed by atoms with van der Waals surface area (Å²) in [6.45, 7) is 0. The number of benzene rings is 10. The van der Waals surface area contributed by atoms with Gasteiger partial charge in [0.1, 0.15) is 22.3 Å². The van der Waals surface area contributed by atoms with Crippen molar-refractivity contribution in [2.45, 2.75) is 7.43 Å². The highest BCUT2D eigenvalue weighted by Gasteiger charge is 2.16. The van der Waals surface area contributed by atoms with Crippen LogP contribution in [0.2, 0.25) is 0 Å². The molecule has 2 aromatic heterocycles. The van der Waals surface area contributed by atoms with Crippen molar-refractivity contribution < 1.29 is 8.83 Å². The van der Waals surface area contributed by atoms with Crippen molar-refractivity contribution in [1.82, 2.24) is 0 Å². The molecule has 0 aliphatic carbocycles. The minimum absolute atomic E-state index is 0. The Morgan fingerprint density at radius 3 is 0.922 bits per heavy atom. The van der Waals surface area contributed by atoms with E-state index in [0.717, 1.165) is 105 Å². The second kappa shape index (κ2) is 16.1. The number of fused-ring (bicyclic) bond motifs is 6. The van der Waals surface area contributed by atoms with Crippen LogP contribution in [0.15, 0.2) is 245 Å². The summed E-state index contributed by atoms with van der Waals surface area (Å²) in [7, 11) is 0. The van der Waals surface area contributed by atoms with Crippen molar-refractivity contribution in [3.05, 3.63) is 237 Å². The van der Waals surface area contributed by atoms with Gasteiger partial charge in [0, 0.05) is 49.7 Å². The van der Waals surface area contributed by atoms with Gasteiger partial charge in [-0.15, -0.1) is 0 Å². The van der Waals surface area contributed by atoms with Gasteiger partial charge in [0.2, 0.25) is 0 Å². The van der Waals surface area contributed by atoms with Crippen molar-refractivity contribution in [1.29, 1.82) is 0 Å². The van der Waals surface area contributed by atoms with Crippen LogP contribution >= 0.6 is 0 Å². The second-order valence-electron chi connectivity index (χ2n) is 16.1. The second-order valence-corrected chi connectivity index (χ2v) is 16.1. The van der Waals surface area contributed by atoms with Gasteiger partial charge in [-0.25, -0.2) is 0 Å². The van der Waals surface area contributed by atoms with Gasteiger partial charge in [0.05, 0.1) is 0 Å². The number of para-hydroxylation sites is 4. The fraction of sp³-hybridized carbons (Fsp3) is 0.0164. The topological polar surface area (TPSA) is 29.5 Å². The molecule has 12 aromatic rings. The molecule has 3 nitrogen and oxygen atoms in total. The molecular formula is C61H43NO2. The first-order chi connectivity index (χ1) is 31.2. The molecular weight excluding hydrogens is 779 g/mol. The summed E-state index contributed by atoms with van der Waals surface area (Å²) in [5, 5.41) is 4.56. The Morgan fingerprint density at radius 2 is 0.531 bits per heavy atom. The molecule has 3 heteroatoms. The van der Waals surface area contributed by atoms with Gasteiger partial charge < -0.3 is 13.7 Å². The first-order valence-corrected chi connectivity index (χ1v) is 21.4. The Kier molecular flexibility index (Phi) is 9.71. The average Bonchev–Trinajstić information content (AvgIpc) is 3.94.